The van der Waals surface area contributed by atoms with Crippen molar-refractivity contribution >= 4 is 52.3 Å². The average Bonchev–Trinajstić information content (AvgIpc) is 3.65. The Labute approximate surface area is 360 Å². The second-order valence-electron chi connectivity index (χ2n) is 17.1. The molecule has 0 unspecified atom stereocenters. The number of allylic oxidation sites excluding steroid dienone is 1. The predicted molar refractivity (Wildman–Crippen MR) is 250 cm³/mol. The zero-order chi connectivity index (χ0) is 44.3. The largest absolute Gasteiger partial charge is 0.310 e. The molecule has 4 aromatic rings. The number of benzene rings is 2. The Bertz CT molecular complexity index is 2220. The van der Waals surface area contributed by atoms with Crippen LogP contribution in [0.15, 0.2) is 30.3 Å². The van der Waals surface area contributed by atoms with E-state index in [4.69, 9.17) is 19.9 Å². The van der Waals surface area contributed by atoms with Gasteiger partial charge < -0.3 is 9.80 Å². The normalized spacial score (nSPS) is 14.2. The number of rotatable bonds is 13. The first-order chi connectivity index (χ1) is 28.5. The summed E-state index contributed by atoms with van der Waals surface area (Å²) in [6.45, 7) is 35.3. The lowest BCUT2D eigenvalue weighted by Crippen LogP contribution is -2.37. The van der Waals surface area contributed by atoms with Gasteiger partial charge in [-0.1, -0.05) is 83.0 Å². The lowest BCUT2D eigenvalue weighted by atomic mass is 10.0. The van der Waals surface area contributed by atoms with Gasteiger partial charge in [0.25, 0.3) is 5.91 Å². The SMILES string of the molecule is CCC(CC)N1C(=O)/C(=C\C(C)C)c2c(C)nc(N(CC)c3c(C)cc(C)cc3C)nc21.CCC(CC)N1C(=O)Cc2c(C)nc(N(CC)c3c(C)cc(C)cc3C)nc21. The number of carbonyl (C=O) groups is 2. The molecular weight excluding hydrogens is 745 g/mol. The molecule has 0 radical (unpaired) electrons. The number of amides is 2. The van der Waals surface area contributed by atoms with E-state index in [1.165, 1.54) is 33.4 Å². The zero-order valence-corrected chi connectivity index (χ0v) is 39.5. The van der Waals surface area contributed by atoms with E-state index in [0.29, 0.717) is 18.3 Å². The van der Waals surface area contributed by atoms with Crippen molar-refractivity contribution in [1.82, 2.24) is 19.9 Å². The van der Waals surface area contributed by atoms with Crippen molar-refractivity contribution in [3.05, 3.63) is 86.2 Å². The van der Waals surface area contributed by atoms with Crippen LogP contribution in [0, 0.1) is 61.3 Å². The molecule has 0 bridgehead atoms. The van der Waals surface area contributed by atoms with Gasteiger partial charge in [0.2, 0.25) is 17.8 Å². The first kappa shape index (κ1) is 46.0. The molecule has 0 aliphatic carbocycles. The van der Waals surface area contributed by atoms with Crippen LogP contribution >= 0.6 is 0 Å². The van der Waals surface area contributed by atoms with Gasteiger partial charge in [-0.15, -0.1) is 0 Å². The van der Waals surface area contributed by atoms with E-state index in [2.05, 4.69) is 137 Å². The number of fused-ring (bicyclic) bond motifs is 2. The molecule has 10 nitrogen and oxygen atoms in total. The number of anilines is 6. The van der Waals surface area contributed by atoms with Crippen molar-refractivity contribution in [3.8, 4) is 0 Å². The molecule has 2 amide bonds. The molecule has 0 spiro atoms. The Morgan fingerprint density at radius 2 is 1.02 bits per heavy atom. The smallest absolute Gasteiger partial charge is 0.260 e. The summed E-state index contributed by atoms with van der Waals surface area (Å²) in [6, 6.07) is 9.12. The Kier molecular flexibility index (Phi) is 14.6. The number of aryl methyl sites for hydroxylation is 8. The summed E-state index contributed by atoms with van der Waals surface area (Å²) in [5.41, 5.74) is 14.0. The predicted octanol–water partition coefficient (Wildman–Crippen LogP) is 11.4. The quantitative estimate of drug-likeness (QED) is 0.123. The minimum atomic E-state index is 0.0581. The Morgan fingerprint density at radius 1 is 0.600 bits per heavy atom. The Hall–Kier alpha value is -5.12. The van der Waals surface area contributed by atoms with E-state index in [1.807, 2.05) is 23.6 Å². The third kappa shape index (κ3) is 8.84. The van der Waals surface area contributed by atoms with Crippen LogP contribution < -0.4 is 19.6 Å². The summed E-state index contributed by atoms with van der Waals surface area (Å²) in [5, 5.41) is 0. The van der Waals surface area contributed by atoms with Crippen LogP contribution in [0.5, 0.6) is 0 Å². The fourth-order valence-electron chi connectivity index (χ4n) is 9.44. The van der Waals surface area contributed by atoms with E-state index < -0.39 is 0 Å². The number of aromatic nitrogens is 4. The molecule has 2 aliphatic rings. The van der Waals surface area contributed by atoms with Crippen LogP contribution in [0.3, 0.4) is 0 Å². The van der Waals surface area contributed by atoms with E-state index in [-0.39, 0.29) is 29.8 Å². The van der Waals surface area contributed by atoms with Gasteiger partial charge >= 0.3 is 0 Å². The lowest BCUT2D eigenvalue weighted by Gasteiger charge is -2.29. The number of carbonyl (C=O) groups excluding carboxylic acids is 2. The van der Waals surface area contributed by atoms with Crippen LogP contribution in [0.25, 0.3) is 5.57 Å². The number of hydrogen-bond acceptors (Lipinski definition) is 8. The van der Waals surface area contributed by atoms with Crippen LogP contribution in [0.1, 0.15) is 137 Å². The van der Waals surface area contributed by atoms with Crippen LogP contribution in [-0.2, 0) is 16.0 Å². The number of nitrogens with zero attached hydrogens (tertiary/aromatic N) is 8. The van der Waals surface area contributed by atoms with Crippen molar-refractivity contribution in [2.45, 2.75) is 155 Å². The van der Waals surface area contributed by atoms with Gasteiger partial charge in [0, 0.05) is 53.4 Å². The highest BCUT2D eigenvalue weighted by atomic mass is 16.2. The summed E-state index contributed by atoms with van der Waals surface area (Å²) < 4.78 is 0. The minimum Gasteiger partial charge on any atom is -0.310 e. The first-order valence-corrected chi connectivity index (χ1v) is 22.3. The fraction of sp³-hybridized carbons (Fsp3) is 0.520. The molecular formula is C50H70N8O2. The van der Waals surface area contributed by atoms with Gasteiger partial charge in [-0.05, 0) is 123 Å². The van der Waals surface area contributed by atoms with Gasteiger partial charge in [-0.25, -0.2) is 9.97 Å². The summed E-state index contributed by atoms with van der Waals surface area (Å²) in [7, 11) is 0. The average molecular weight is 815 g/mol. The van der Waals surface area contributed by atoms with Crippen molar-refractivity contribution in [3.63, 3.8) is 0 Å². The summed E-state index contributed by atoms with van der Waals surface area (Å²) >= 11 is 0. The van der Waals surface area contributed by atoms with Gasteiger partial charge in [-0.3, -0.25) is 19.4 Å². The van der Waals surface area contributed by atoms with Gasteiger partial charge in [0.05, 0.1) is 17.7 Å². The van der Waals surface area contributed by atoms with Gasteiger partial charge in [0.15, 0.2) is 0 Å². The molecule has 0 saturated carbocycles. The molecule has 0 N–H and O–H groups in total. The third-order valence-corrected chi connectivity index (χ3v) is 12.1. The molecule has 322 valence electrons. The fourth-order valence-corrected chi connectivity index (χ4v) is 9.44. The molecule has 0 atom stereocenters. The molecule has 60 heavy (non-hydrogen) atoms. The molecule has 2 aromatic heterocycles. The Morgan fingerprint density at radius 3 is 1.43 bits per heavy atom. The second-order valence-corrected chi connectivity index (χ2v) is 17.1. The number of hydrogen-bond donors (Lipinski definition) is 0. The molecule has 4 heterocycles. The monoisotopic (exact) mass is 815 g/mol. The highest BCUT2D eigenvalue weighted by Crippen LogP contribution is 2.42. The first-order valence-electron chi connectivity index (χ1n) is 22.3. The lowest BCUT2D eigenvalue weighted by molar-refractivity contribution is -0.118. The van der Waals surface area contributed by atoms with E-state index in [0.717, 1.165) is 89.9 Å². The highest BCUT2D eigenvalue weighted by Gasteiger charge is 2.40. The minimum absolute atomic E-state index is 0.0581. The van der Waals surface area contributed by atoms with Crippen molar-refractivity contribution in [1.29, 1.82) is 0 Å². The maximum atomic E-state index is 13.6. The maximum Gasteiger partial charge on any atom is 0.260 e. The van der Waals surface area contributed by atoms with Crippen LogP contribution in [-0.4, -0.2) is 56.9 Å². The maximum absolute atomic E-state index is 13.6. The molecule has 2 aliphatic heterocycles. The Balaban J connectivity index is 0.000000230. The summed E-state index contributed by atoms with van der Waals surface area (Å²) in [5.74, 6) is 3.38. The highest BCUT2D eigenvalue weighted by molar-refractivity contribution is 6.32. The standard InChI is InChI=1S/C27H38N4O.C23H32N4O/c1-10-21(11-2)31-25-23(22(26(31)32)13-16(4)5)20(9)28-27(29-25)30(12-3)24-18(7)14-17(6)15-19(24)8;1-8-18(9-2)27-20(28)13-19-17(7)24-23(25-22(19)27)26(10-3)21-15(5)11-14(4)12-16(21)6/h13-16,21H,10-12H2,1-9H3;11-12,18H,8-10,13H2,1-7H3/b22-13-;. The van der Waals surface area contributed by atoms with E-state index in [1.54, 1.807) is 0 Å². The van der Waals surface area contributed by atoms with Crippen molar-refractivity contribution < 1.29 is 9.59 Å². The summed E-state index contributed by atoms with van der Waals surface area (Å²) in [6.07, 6.45) is 6.10. The topological polar surface area (TPSA) is 98.7 Å². The van der Waals surface area contributed by atoms with Crippen LogP contribution in [0.4, 0.5) is 34.9 Å². The van der Waals surface area contributed by atoms with Crippen molar-refractivity contribution in [2.75, 3.05) is 32.7 Å². The molecule has 6 rings (SSSR count). The third-order valence-electron chi connectivity index (χ3n) is 12.1. The molecule has 2 aromatic carbocycles. The molecule has 0 saturated heterocycles. The van der Waals surface area contributed by atoms with Gasteiger partial charge in [0.1, 0.15) is 11.6 Å². The molecule has 10 heteroatoms. The van der Waals surface area contributed by atoms with E-state index in [9.17, 15) is 9.59 Å². The molecule has 0 fully saturated rings. The van der Waals surface area contributed by atoms with Crippen molar-refractivity contribution in [2.24, 2.45) is 5.92 Å². The van der Waals surface area contributed by atoms with E-state index >= 15 is 0 Å². The summed E-state index contributed by atoms with van der Waals surface area (Å²) in [4.78, 5) is 54.2. The van der Waals surface area contributed by atoms with Crippen LogP contribution in [0.2, 0.25) is 0 Å². The second kappa shape index (κ2) is 19.1. The van der Waals surface area contributed by atoms with Gasteiger partial charge in [-0.2, -0.15) is 9.97 Å². The zero-order valence-electron chi connectivity index (χ0n) is 39.5.